The van der Waals surface area contributed by atoms with Gasteiger partial charge in [-0.1, -0.05) is 42.5 Å². The summed E-state index contributed by atoms with van der Waals surface area (Å²) in [4.78, 5) is 15.7. The summed E-state index contributed by atoms with van der Waals surface area (Å²) in [6.07, 6.45) is 0.597. The fourth-order valence-electron chi connectivity index (χ4n) is 6.23. The standard InChI is InChI=1S/C31H33F2N3O5S/c32-25-8-6-21(16-26(25)33)19-35-13-10-31(11-14-35)12-15-41-28-17-23(22-4-2-1-3-5-22)7-9-29(28)42(39,40)36-20-24(37)18-27(36)30(38)34-31/h1-9,16-17,24,27,37H,10-15,18-20H2,(H,34,38)/t24-,27+/m1/s1. The molecule has 0 aromatic heterocycles. The number of nitrogens with zero attached hydrogens (tertiary/aromatic N) is 2. The van der Waals surface area contributed by atoms with Crippen molar-refractivity contribution in [3.05, 3.63) is 83.9 Å². The van der Waals surface area contributed by atoms with E-state index in [9.17, 15) is 27.1 Å². The number of benzene rings is 3. The number of halogens is 2. The van der Waals surface area contributed by atoms with Gasteiger partial charge in [0.2, 0.25) is 15.9 Å². The predicted molar refractivity (Wildman–Crippen MR) is 152 cm³/mol. The molecule has 8 nitrogen and oxygen atoms in total. The number of hydrogen-bond acceptors (Lipinski definition) is 6. The van der Waals surface area contributed by atoms with Gasteiger partial charge in [-0.25, -0.2) is 17.2 Å². The molecule has 3 aromatic rings. The Morgan fingerprint density at radius 1 is 0.952 bits per heavy atom. The predicted octanol–water partition coefficient (Wildman–Crippen LogP) is 3.69. The average Bonchev–Trinajstić information content (AvgIpc) is 3.39. The summed E-state index contributed by atoms with van der Waals surface area (Å²) in [5.74, 6) is -2.00. The minimum absolute atomic E-state index is 0.00168. The first-order chi connectivity index (χ1) is 20.1. The van der Waals surface area contributed by atoms with Crippen LogP contribution in [-0.2, 0) is 21.4 Å². The second-order valence-corrected chi connectivity index (χ2v) is 13.3. The summed E-state index contributed by atoms with van der Waals surface area (Å²) in [7, 11) is -4.17. The van der Waals surface area contributed by atoms with E-state index in [0.29, 0.717) is 44.5 Å². The third-order valence-electron chi connectivity index (χ3n) is 8.60. The minimum Gasteiger partial charge on any atom is -0.492 e. The molecule has 3 aliphatic heterocycles. The van der Waals surface area contributed by atoms with Crippen molar-refractivity contribution in [1.82, 2.24) is 14.5 Å². The van der Waals surface area contributed by atoms with Crippen LogP contribution in [0.1, 0.15) is 31.2 Å². The summed E-state index contributed by atoms with van der Waals surface area (Å²) in [6.45, 7) is 1.60. The van der Waals surface area contributed by atoms with Gasteiger partial charge in [-0.05, 0) is 53.8 Å². The first-order valence-corrected chi connectivity index (χ1v) is 15.6. The Kier molecular flexibility index (Phi) is 7.77. The van der Waals surface area contributed by atoms with Crippen molar-refractivity contribution in [2.24, 2.45) is 0 Å². The number of nitrogens with one attached hydrogen (secondary N) is 1. The molecule has 1 amide bonds. The van der Waals surface area contributed by atoms with E-state index in [4.69, 9.17) is 4.74 Å². The summed E-state index contributed by atoms with van der Waals surface area (Å²) in [5.41, 5.74) is 1.71. The number of piperidine rings is 1. The maximum absolute atomic E-state index is 13.9. The van der Waals surface area contributed by atoms with Crippen LogP contribution in [0, 0.1) is 11.6 Å². The van der Waals surface area contributed by atoms with E-state index in [-0.39, 0.29) is 30.2 Å². The minimum atomic E-state index is -4.17. The molecule has 42 heavy (non-hydrogen) atoms. The maximum Gasteiger partial charge on any atom is 0.247 e. The van der Waals surface area contributed by atoms with Crippen molar-refractivity contribution in [1.29, 1.82) is 0 Å². The molecular weight excluding hydrogens is 564 g/mol. The molecule has 6 rings (SSSR count). The zero-order chi connectivity index (χ0) is 29.5. The molecule has 2 saturated heterocycles. The fraction of sp³-hybridized carbons (Fsp3) is 0.387. The fourth-order valence-corrected chi connectivity index (χ4v) is 7.98. The number of hydrogen-bond donors (Lipinski definition) is 2. The molecule has 0 unspecified atom stereocenters. The Hall–Kier alpha value is -3.38. The van der Waals surface area contributed by atoms with Gasteiger partial charge in [-0.15, -0.1) is 0 Å². The molecule has 0 saturated carbocycles. The van der Waals surface area contributed by atoms with Crippen LogP contribution in [0.15, 0.2) is 71.6 Å². The van der Waals surface area contributed by atoms with Crippen LogP contribution < -0.4 is 10.1 Å². The van der Waals surface area contributed by atoms with Crippen LogP contribution in [0.25, 0.3) is 11.1 Å². The van der Waals surface area contributed by atoms with Gasteiger partial charge < -0.3 is 15.2 Å². The Bertz CT molecular complexity index is 1580. The highest BCUT2D eigenvalue weighted by molar-refractivity contribution is 7.89. The summed E-state index contributed by atoms with van der Waals surface area (Å²) < 4.78 is 62.2. The van der Waals surface area contributed by atoms with Gasteiger partial charge in [0.1, 0.15) is 16.7 Å². The van der Waals surface area contributed by atoms with Crippen LogP contribution in [0.2, 0.25) is 0 Å². The van der Waals surface area contributed by atoms with Crippen molar-refractivity contribution in [2.75, 3.05) is 26.2 Å². The highest BCUT2D eigenvalue weighted by Crippen LogP contribution is 2.37. The molecule has 0 aliphatic carbocycles. The smallest absolute Gasteiger partial charge is 0.247 e. The molecule has 11 heteroatoms. The van der Waals surface area contributed by atoms with Gasteiger partial charge >= 0.3 is 0 Å². The number of carbonyl (C=O) groups is 1. The summed E-state index contributed by atoms with van der Waals surface area (Å²) in [5, 5.41) is 13.6. The molecule has 0 radical (unpaired) electrons. The van der Waals surface area contributed by atoms with Crippen LogP contribution in [0.4, 0.5) is 8.78 Å². The largest absolute Gasteiger partial charge is 0.492 e. The highest BCUT2D eigenvalue weighted by atomic mass is 32.2. The zero-order valence-corrected chi connectivity index (χ0v) is 23.8. The third-order valence-corrected chi connectivity index (χ3v) is 10.5. The van der Waals surface area contributed by atoms with Gasteiger partial charge in [-0.3, -0.25) is 9.69 Å². The monoisotopic (exact) mass is 597 g/mol. The Labute approximate surface area is 244 Å². The Balaban J connectivity index is 1.29. The lowest BCUT2D eigenvalue weighted by Gasteiger charge is -2.43. The van der Waals surface area contributed by atoms with Crippen molar-refractivity contribution in [3.8, 4) is 16.9 Å². The molecular formula is C31H33F2N3O5S. The third kappa shape index (κ3) is 5.66. The number of sulfonamides is 1. The number of fused-ring (bicyclic) bond motifs is 2. The number of ether oxygens (including phenoxy) is 1. The molecule has 0 bridgehead atoms. The quantitative estimate of drug-likeness (QED) is 0.478. The number of amides is 1. The number of aliphatic hydroxyl groups excluding tert-OH is 1. The average molecular weight is 598 g/mol. The van der Waals surface area contributed by atoms with Crippen molar-refractivity contribution in [3.63, 3.8) is 0 Å². The van der Waals surface area contributed by atoms with Crippen molar-refractivity contribution < 1.29 is 31.8 Å². The van der Waals surface area contributed by atoms with Crippen LogP contribution in [0.5, 0.6) is 5.75 Å². The van der Waals surface area contributed by atoms with E-state index in [2.05, 4.69) is 10.2 Å². The van der Waals surface area contributed by atoms with Crippen LogP contribution >= 0.6 is 0 Å². The number of likely N-dealkylation sites (tertiary alicyclic amines) is 1. The molecule has 2 fully saturated rings. The van der Waals surface area contributed by atoms with Crippen molar-refractivity contribution in [2.45, 2.75) is 54.8 Å². The molecule has 222 valence electrons. The molecule has 3 heterocycles. The van der Waals surface area contributed by atoms with E-state index in [1.54, 1.807) is 18.2 Å². The summed E-state index contributed by atoms with van der Waals surface area (Å²) >= 11 is 0. The number of aliphatic hydroxyl groups is 1. The zero-order valence-electron chi connectivity index (χ0n) is 23.0. The lowest BCUT2D eigenvalue weighted by molar-refractivity contribution is -0.127. The van der Waals surface area contributed by atoms with Gasteiger partial charge in [0, 0.05) is 44.6 Å². The maximum atomic E-state index is 13.9. The molecule has 2 atom stereocenters. The van der Waals surface area contributed by atoms with Crippen LogP contribution in [-0.4, -0.2) is 72.6 Å². The van der Waals surface area contributed by atoms with E-state index >= 15 is 0 Å². The topological polar surface area (TPSA) is 99.2 Å². The Morgan fingerprint density at radius 3 is 2.45 bits per heavy atom. The van der Waals surface area contributed by atoms with Gasteiger partial charge in [-0.2, -0.15) is 4.31 Å². The SMILES string of the molecule is O=C1NC2(CCOc3cc(-c4ccccc4)ccc3S(=O)(=O)N3C[C@H](O)C[C@@H]13)CCN(Cc1ccc(F)c(F)c1)CC2. The number of carbonyl (C=O) groups excluding carboxylic acids is 1. The number of rotatable bonds is 3. The van der Waals surface area contributed by atoms with Crippen molar-refractivity contribution >= 4 is 15.9 Å². The summed E-state index contributed by atoms with van der Waals surface area (Å²) in [6, 6.07) is 17.3. The van der Waals surface area contributed by atoms with E-state index in [1.807, 2.05) is 30.3 Å². The first-order valence-electron chi connectivity index (χ1n) is 14.1. The normalized spacial score (nSPS) is 24.2. The highest BCUT2D eigenvalue weighted by Gasteiger charge is 2.47. The van der Waals surface area contributed by atoms with Gasteiger partial charge in [0.15, 0.2) is 11.6 Å². The Morgan fingerprint density at radius 2 is 1.71 bits per heavy atom. The first kappa shape index (κ1) is 28.7. The molecule has 3 aromatic carbocycles. The second kappa shape index (κ2) is 11.4. The molecule has 2 N–H and O–H groups in total. The molecule has 1 spiro atoms. The lowest BCUT2D eigenvalue weighted by Crippen LogP contribution is -2.59. The van der Waals surface area contributed by atoms with E-state index in [1.165, 1.54) is 12.1 Å². The van der Waals surface area contributed by atoms with Gasteiger partial charge in [0.05, 0.1) is 12.7 Å². The lowest BCUT2D eigenvalue weighted by atomic mass is 9.84. The van der Waals surface area contributed by atoms with E-state index in [0.717, 1.165) is 21.5 Å². The van der Waals surface area contributed by atoms with E-state index < -0.39 is 45.2 Å². The van der Waals surface area contributed by atoms with Gasteiger partial charge in [0.25, 0.3) is 0 Å². The second-order valence-electron chi connectivity index (χ2n) is 11.4. The van der Waals surface area contributed by atoms with Crippen LogP contribution in [0.3, 0.4) is 0 Å². The molecule has 3 aliphatic rings.